The molecule has 0 heterocycles. The van der Waals surface area contributed by atoms with Crippen LogP contribution in [0, 0.1) is 0 Å². The van der Waals surface area contributed by atoms with E-state index in [9.17, 15) is 0 Å². The Hall–Kier alpha value is -0.260. The quantitative estimate of drug-likeness (QED) is 0.491. The predicted molar refractivity (Wildman–Crippen MR) is 77.8 cm³/mol. The molecule has 0 saturated heterocycles. The Bertz CT molecular complexity index is 552. The third-order valence-corrected chi connectivity index (χ3v) is 11.8. The first-order valence-electron chi connectivity index (χ1n) is 6.36. The van der Waals surface area contributed by atoms with E-state index < -0.39 is 22.9 Å². The molecule has 90 valence electrons. The zero-order valence-corrected chi connectivity index (χ0v) is 15.3. The van der Waals surface area contributed by atoms with Crippen molar-refractivity contribution in [3.8, 4) is 0 Å². The van der Waals surface area contributed by atoms with E-state index in [4.69, 9.17) is 0 Å². The molecule has 2 aliphatic carbocycles. The summed E-state index contributed by atoms with van der Waals surface area (Å²) in [6.45, 7) is 4.81. The second-order valence-electron chi connectivity index (χ2n) is 4.99. The zero-order valence-electron chi connectivity index (χ0n) is 10.9. The Morgan fingerprint density at radius 3 is 2.78 bits per heavy atom. The average molecular weight is 419 g/mol. The number of hydrogen-bond donors (Lipinski definition) is 0. The Kier molecular flexibility index (Phi) is 3.82. The third-order valence-electron chi connectivity index (χ3n) is 3.52. The van der Waals surface area contributed by atoms with Gasteiger partial charge in [-0.1, -0.05) is 0 Å². The molecule has 0 spiro atoms. The minimum absolute atomic E-state index is 0.0546. The van der Waals surface area contributed by atoms with E-state index >= 15 is 0 Å². The van der Waals surface area contributed by atoms with E-state index in [2.05, 4.69) is 61.9 Å². The molecule has 2 aliphatic rings. The Labute approximate surface area is 122 Å². The van der Waals surface area contributed by atoms with Crippen LogP contribution in [0.15, 0.2) is 51.1 Å². The molecule has 1 aromatic carbocycles. The molecule has 2 heteroatoms. The molecular formula is C16H17HfP. The van der Waals surface area contributed by atoms with Gasteiger partial charge in [0.15, 0.2) is 0 Å². The number of allylic oxidation sites excluding steroid dienone is 5. The van der Waals surface area contributed by atoms with Crippen molar-refractivity contribution < 1.29 is 22.9 Å². The van der Waals surface area contributed by atoms with Gasteiger partial charge in [0.25, 0.3) is 0 Å². The van der Waals surface area contributed by atoms with Gasteiger partial charge in [-0.25, -0.2) is 0 Å². The molecule has 0 aromatic heterocycles. The number of rotatable bonds is 3. The second kappa shape index (κ2) is 5.39. The Balaban J connectivity index is 1.92. The molecular weight excluding hydrogens is 402 g/mol. The van der Waals surface area contributed by atoms with Crippen molar-refractivity contribution in [3.05, 3.63) is 62.3 Å². The summed E-state index contributed by atoms with van der Waals surface area (Å²) in [5, 5.41) is 1.75. The topological polar surface area (TPSA) is 0 Å². The van der Waals surface area contributed by atoms with E-state index in [0.29, 0.717) is 0 Å². The van der Waals surface area contributed by atoms with Gasteiger partial charge in [-0.05, 0) is 0 Å². The van der Waals surface area contributed by atoms with Crippen molar-refractivity contribution in [1.29, 1.82) is 0 Å². The summed E-state index contributed by atoms with van der Waals surface area (Å²) in [6, 6.07) is 9.03. The first-order chi connectivity index (χ1) is 8.75. The summed E-state index contributed by atoms with van der Waals surface area (Å²) in [7, 11) is 0.0546. The van der Waals surface area contributed by atoms with Gasteiger partial charge in [-0.15, -0.1) is 0 Å². The van der Waals surface area contributed by atoms with Crippen LogP contribution in [-0.2, 0) is 22.9 Å². The van der Waals surface area contributed by atoms with Gasteiger partial charge in [0.1, 0.15) is 0 Å². The van der Waals surface area contributed by atoms with Gasteiger partial charge in [0.2, 0.25) is 0 Å². The van der Waals surface area contributed by atoms with Gasteiger partial charge in [0, 0.05) is 0 Å². The van der Waals surface area contributed by atoms with Crippen molar-refractivity contribution in [2.45, 2.75) is 10.1 Å². The molecule has 1 atom stereocenters. The SMILES string of the molecule is CP(C)C1=Cc2ccccc2[CH]1[Hf][C]1=CC=CC1. The van der Waals surface area contributed by atoms with E-state index in [0.717, 1.165) is 3.67 Å². The van der Waals surface area contributed by atoms with Crippen LogP contribution < -0.4 is 0 Å². The fourth-order valence-electron chi connectivity index (χ4n) is 2.59. The molecule has 18 heavy (non-hydrogen) atoms. The van der Waals surface area contributed by atoms with Gasteiger partial charge in [0.05, 0.1) is 0 Å². The maximum atomic E-state index is 2.49. The summed E-state index contributed by atoms with van der Waals surface area (Å²) in [6.07, 6.45) is 10.7. The molecule has 0 fully saturated rings. The standard InChI is InChI=1S/C11H12P.C5H5.Hf/c1-12(2)11-7-9-5-3-4-6-10(9)8-11;1-2-4-5-3-1;/h3-8H,1-2H3;1-3H,4H2;. The summed E-state index contributed by atoms with van der Waals surface area (Å²) < 4.78 is 2.60. The van der Waals surface area contributed by atoms with Crippen LogP contribution in [0.1, 0.15) is 21.2 Å². The summed E-state index contributed by atoms with van der Waals surface area (Å²) in [5.41, 5.74) is 3.12. The molecule has 0 saturated carbocycles. The third kappa shape index (κ3) is 2.40. The predicted octanol–water partition coefficient (Wildman–Crippen LogP) is 4.75. The van der Waals surface area contributed by atoms with Crippen molar-refractivity contribution in [3.63, 3.8) is 0 Å². The van der Waals surface area contributed by atoms with Crippen LogP contribution in [0.3, 0.4) is 0 Å². The molecule has 1 aromatic rings. The number of hydrogen-bond acceptors (Lipinski definition) is 0. The van der Waals surface area contributed by atoms with Crippen LogP contribution in [-0.4, -0.2) is 13.3 Å². The van der Waals surface area contributed by atoms with Gasteiger partial charge in [-0.3, -0.25) is 0 Å². The van der Waals surface area contributed by atoms with E-state index in [1.165, 1.54) is 12.0 Å². The van der Waals surface area contributed by atoms with Gasteiger partial charge < -0.3 is 0 Å². The number of benzene rings is 1. The van der Waals surface area contributed by atoms with Crippen LogP contribution in [0.2, 0.25) is 0 Å². The van der Waals surface area contributed by atoms with E-state index in [1.807, 2.05) is 0 Å². The van der Waals surface area contributed by atoms with Crippen molar-refractivity contribution in [2.24, 2.45) is 0 Å². The fraction of sp³-hybridized carbons (Fsp3) is 0.250. The molecule has 0 N–H and O–H groups in total. The Morgan fingerprint density at radius 1 is 1.22 bits per heavy atom. The van der Waals surface area contributed by atoms with Crippen LogP contribution in [0.4, 0.5) is 0 Å². The minimum atomic E-state index is -0.745. The van der Waals surface area contributed by atoms with Gasteiger partial charge in [-0.2, -0.15) is 0 Å². The van der Waals surface area contributed by atoms with E-state index in [-0.39, 0.29) is 7.92 Å². The fourth-order valence-corrected chi connectivity index (χ4v) is 12.2. The maximum absolute atomic E-state index is 2.49. The Morgan fingerprint density at radius 2 is 2.06 bits per heavy atom. The van der Waals surface area contributed by atoms with Crippen LogP contribution in [0.5, 0.6) is 0 Å². The van der Waals surface area contributed by atoms with Crippen LogP contribution >= 0.6 is 7.92 Å². The summed E-state index contributed by atoms with van der Waals surface area (Å²) >= 11 is -0.745. The molecule has 0 radical (unpaired) electrons. The molecule has 0 bridgehead atoms. The number of fused-ring (bicyclic) bond motifs is 1. The van der Waals surface area contributed by atoms with Gasteiger partial charge >= 0.3 is 123 Å². The summed E-state index contributed by atoms with van der Waals surface area (Å²) in [4.78, 5) is 0. The van der Waals surface area contributed by atoms with Crippen molar-refractivity contribution >= 4 is 14.0 Å². The van der Waals surface area contributed by atoms with Crippen LogP contribution in [0.25, 0.3) is 6.08 Å². The average Bonchev–Trinajstić information content (AvgIpc) is 2.98. The summed E-state index contributed by atoms with van der Waals surface area (Å²) in [5.74, 6) is 0. The zero-order chi connectivity index (χ0) is 12.5. The van der Waals surface area contributed by atoms with E-state index in [1.54, 1.807) is 14.2 Å². The molecule has 0 nitrogen and oxygen atoms in total. The molecule has 1 unspecified atom stereocenters. The van der Waals surface area contributed by atoms with Crippen molar-refractivity contribution in [1.82, 2.24) is 0 Å². The second-order valence-corrected chi connectivity index (χ2v) is 12.7. The normalized spacial score (nSPS) is 20.9. The first kappa shape index (κ1) is 12.8. The molecule has 3 rings (SSSR count). The first-order valence-corrected chi connectivity index (χ1v) is 12.5. The van der Waals surface area contributed by atoms with Crippen molar-refractivity contribution in [2.75, 3.05) is 13.3 Å². The molecule has 0 aliphatic heterocycles. The monoisotopic (exact) mass is 420 g/mol. The molecule has 0 amide bonds.